The van der Waals surface area contributed by atoms with Gasteiger partial charge in [-0.05, 0) is 44.9 Å². The minimum absolute atomic E-state index is 0.0136. The number of nitrogens with zero attached hydrogens (tertiary/aromatic N) is 2. The zero-order valence-corrected chi connectivity index (χ0v) is 16.0. The van der Waals surface area contributed by atoms with Crippen molar-refractivity contribution in [1.29, 1.82) is 0 Å². The van der Waals surface area contributed by atoms with Crippen molar-refractivity contribution in [2.75, 3.05) is 36.4 Å². The number of rotatable bonds is 4. The number of carbonyl (C=O) groups excluding carboxylic acids is 2. The first kappa shape index (κ1) is 19.6. The topological polar surface area (TPSA) is 61.9 Å². The molecule has 1 N–H and O–H groups in total. The summed E-state index contributed by atoms with van der Waals surface area (Å²) >= 11 is 0. The van der Waals surface area contributed by atoms with Gasteiger partial charge in [0.05, 0.1) is 24.4 Å². The Balaban J connectivity index is 1.61. The van der Waals surface area contributed by atoms with Gasteiger partial charge in [-0.3, -0.25) is 9.59 Å². The maximum absolute atomic E-state index is 14.6. The number of nitrogens with one attached hydrogen (secondary N) is 1. The monoisotopic (exact) mass is 377 g/mol. The summed E-state index contributed by atoms with van der Waals surface area (Å²) in [6.45, 7) is 5.82. The summed E-state index contributed by atoms with van der Waals surface area (Å²) in [7, 11) is 0. The van der Waals surface area contributed by atoms with Crippen LogP contribution in [0, 0.1) is 5.82 Å². The zero-order chi connectivity index (χ0) is 19.4. The van der Waals surface area contributed by atoms with E-state index in [1.165, 1.54) is 6.07 Å². The van der Waals surface area contributed by atoms with E-state index in [0.29, 0.717) is 37.4 Å². The molecule has 2 saturated heterocycles. The van der Waals surface area contributed by atoms with Gasteiger partial charge in [-0.15, -0.1) is 0 Å². The summed E-state index contributed by atoms with van der Waals surface area (Å²) in [4.78, 5) is 27.8. The van der Waals surface area contributed by atoms with Crippen LogP contribution in [0.3, 0.4) is 0 Å². The van der Waals surface area contributed by atoms with Gasteiger partial charge in [0.2, 0.25) is 11.8 Å². The molecule has 7 heteroatoms. The van der Waals surface area contributed by atoms with Gasteiger partial charge in [0.25, 0.3) is 0 Å². The standard InChI is InChI=1S/C20H28FN3O3/c1-14-11-24(12-15(2)27-14)18-8-7-16(10-17(18)21)22-19(25)13-23-9-5-3-4-6-20(23)26/h7-8,10,14-15H,3-6,9,11-13H2,1-2H3,(H,22,25)/t14-,15+. The van der Waals surface area contributed by atoms with Gasteiger partial charge in [-0.25, -0.2) is 4.39 Å². The lowest BCUT2D eigenvalue weighted by Crippen LogP contribution is -2.45. The second-order valence-corrected chi connectivity index (χ2v) is 7.50. The molecule has 0 saturated carbocycles. The molecule has 0 radical (unpaired) electrons. The molecule has 148 valence electrons. The molecular formula is C20H28FN3O3. The highest BCUT2D eigenvalue weighted by molar-refractivity contribution is 5.94. The molecule has 0 aliphatic carbocycles. The molecule has 0 bridgehead atoms. The summed E-state index contributed by atoms with van der Waals surface area (Å²) in [5, 5.41) is 2.70. The number of anilines is 2. The first-order valence-electron chi connectivity index (χ1n) is 9.70. The number of likely N-dealkylation sites (tertiary alicyclic amines) is 1. The molecule has 1 aromatic carbocycles. The molecule has 2 amide bonds. The number of halogens is 1. The van der Waals surface area contributed by atoms with Crippen molar-refractivity contribution in [3.8, 4) is 0 Å². The van der Waals surface area contributed by atoms with E-state index in [1.54, 1.807) is 17.0 Å². The fraction of sp³-hybridized carbons (Fsp3) is 0.600. The number of carbonyl (C=O) groups is 2. The van der Waals surface area contributed by atoms with E-state index in [1.807, 2.05) is 18.7 Å². The average Bonchev–Trinajstić information content (AvgIpc) is 2.78. The van der Waals surface area contributed by atoms with Crippen LogP contribution < -0.4 is 10.2 Å². The minimum atomic E-state index is -0.375. The van der Waals surface area contributed by atoms with Gasteiger partial charge in [-0.2, -0.15) is 0 Å². The molecule has 6 nitrogen and oxygen atoms in total. The highest BCUT2D eigenvalue weighted by atomic mass is 19.1. The molecule has 27 heavy (non-hydrogen) atoms. The Kier molecular flexibility index (Phi) is 6.31. The smallest absolute Gasteiger partial charge is 0.243 e. The Labute approximate surface area is 159 Å². The number of hydrogen-bond acceptors (Lipinski definition) is 4. The number of ether oxygens (including phenoxy) is 1. The van der Waals surface area contributed by atoms with E-state index < -0.39 is 0 Å². The quantitative estimate of drug-likeness (QED) is 0.877. The van der Waals surface area contributed by atoms with Crippen molar-refractivity contribution in [1.82, 2.24) is 4.90 Å². The lowest BCUT2D eigenvalue weighted by molar-refractivity contribution is -0.134. The molecular weight excluding hydrogens is 349 g/mol. The third-order valence-corrected chi connectivity index (χ3v) is 5.00. The number of benzene rings is 1. The molecule has 2 heterocycles. The fourth-order valence-corrected chi connectivity index (χ4v) is 3.80. The summed E-state index contributed by atoms with van der Waals surface area (Å²) in [5.74, 6) is -0.661. The normalized spacial score (nSPS) is 23.9. The first-order chi connectivity index (χ1) is 12.9. The van der Waals surface area contributed by atoms with Gasteiger partial charge < -0.3 is 19.9 Å². The van der Waals surface area contributed by atoms with E-state index >= 15 is 0 Å². The van der Waals surface area contributed by atoms with Crippen LogP contribution in [-0.4, -0.2) is 55.1 Å². The van der Waals surface area contributed by atoms with Gasteiger partial charge in [-0.1, -0.05) is 6.42 Å². The highest BCUT2D eigenvalue weighted by Crippen LogP contribution is 2.26. The van der Waals surface area contributed by atoms with Crippen LogP contribution in [0.5, 0.6) is 0 Å². The van der Waals surface area contributed by atoms with Gasteiger partial charge >= 0.3 is 0 Å². The van der Waals surface area contributed by atoms with Crippen LogP contribution in [-0.2, 0) is 14.3 Å². The fourth-order valence-electron chi connectivity index (χ4n) is 3.80. The summed E-state index contributed by atoms with van der Waals surface area (Å²) in [5.41, 5.74) is 0.913. The number of amides is 2. The van der Waals surface area contributed by atoms with Crippen molar-refractivity contribution in [2.45, 2.75) is 51.7 Å². The predicted molar refractivity (Wildman–Crippen MR) is 102 cm³/mol. The van der Waals surface area contributed by atoms with Crippen LogP contribution in [0.15, 0.2) is 18.2 Å². The molecule has 2 aliphatic rings. The van der Waals surface area contributed by atoms with Crippen molar-refractivity contribution < 1.29 is 18.7 Å². The molecule has 0 unspecified atom stereocenters. The summed E-state index contributed by atoms with van der Waals surface area (Å²) in [6.07, 6.45) is 3.38. The Bertz CT molecular complexity index is 687. The molecule has 2 fully saturated rings. The van der Waals surface area contributed by atoms with E-state index in [4.69, 9.17) is 4.74 Å². The van der Waals surface area contributed by atoms with Crippen molar-refractivity contribution in [3.05, 3.63) is 24.0 Å². The Hall–Kier alpha value is -2.15. The summed E-state index contributed by atoms with van der Waals surface area (Å²) < 4.78 is 20.3. The van der Waals surface area contributed by atoms with Crippen LogP contribution in [0.25, 0.3) is 0 Å². The van der Waals surface area contributed by atoms with E-state index in [2.05, 4.69) is 5.32 Å². The Morgan fingerprint density at radius 3 is 2.67 bits per heavy atom. The third-order valence-electron chi connectivity index (χ3n) is 5.00. The number of hydrogen-bond donors (Lipinski definition) is 1. The molecule has 1 aromatic rings. The maximum Gasteiger partial charge on any atom is 0.243 e. The Morgan fingerprint density at radius 1 is 1.22 bits per heavy atom. The van der Waals surface area contributed by atoms with Gasteiger partial charge in [0.15, 0.2) is 0 Å². The Morgan fingerprint density at radius 2 is 1.96 bits per heavy atom. The molecule has 2 aliphatic heterocycles. The predicted octanol–water partition coefficient (Wildman–Crippen LogP) is 2.78. The lowest BCUT2D eigenvalue weighted by Gasteiger charge is -2.37. The second kappa shape index (κ2) is 8.69. The molecule has 0 spiro atoms. The van der Waals surface area contributed by atoms with E-state index in [9.17, 15) is 14.0 Å². The van der Waals surface area contributed by atoms with Crippen LogP contribution in [0.4, 0.5) is 15.8 Å². The zero-order valence-electron chi connectivity index (χ0n) is 16.0. The SMILES string of the molecule is C[C@@H]1CN(c2ccc(NC(=O)CN3CCCCCC3=O)cc2F)C[C@H](C)O1. The van der Waals surface area contributed by atoms with E-state index in [-0.39, 0.29) is 36.4 Å². The van der Waals surface area contributed by atoms with Gasteiger partial charge in [0.1, 0.15) is 5.82 Å². The highest BCUT2D eigenvalue weighted by Gasteiger charge is 2.24. The molecule has 0 aromatic heterocycles. The van der Waals surface area contributed by atoms with Crippen LogP contribution >= 0.6 is 0 Å². The van der Waals surface area contributed by atoms with Crippen LogP contribution in [0.2, 0.25) is 0 Å². The van der Waals surface area contributed by atoms with Crippen molar-refractivity contribution in [3.63, 3.8) is 0 Å². The number of morpholine rings is 1. The minimum Gasteiger partial charge on any atom is -0.372 e. The lowest BCUT2D eigenvalue weighted by atomic mass is 10.2. The largest absolute Gasteiger partial charge is 0.372 e. The third kappa shape index (κ3) is 5.19. The van der Waals surface area contributed by atoms with Crippen molar-refractivity contribution >= 4 is 23.2 Å². The van der Waals surface area contributed by atoms with E-state index in [0.717, 1.165) is 19.3 Å². The van der Waals surface area contributed by atoms with Crippen LogP contribution in [0.1, 0.15) is 39.5 Å². The van der Waals surface area contributed by atoms with Gasteiger partial charge in [0, 0.05) is 31.7 Å². The molecule has 3 rings (SSSR count). The van der Waals surface area contributed by atoms with Crippen molar-refractivity contribution in [2.24, 2.45) is 0 Å². The average molecular weight is 377 g/mol. The first-order valence-corrected chi connectivity index (χ1v) is 9.70. The summed E-state index contributed by atoms with van der Waals surface area (Å²) in [6, 6.07) is 4.72. The maximum atomic E-state index is 14.6. The molecule has 2 atom stereocenters. The second-order valence-electron chi connectivity index (χ2n) is 7.50.